The van der Waals surface area contributed by atoms with Gasteiger partial charge in [-0.3, -0.25) is 0 Å². The number of nitrogens with zero attached hydrogens (tertiary/aromatic N) is 2. The lowest BCUT2D eigenvalue weighted by Gasteiger charge is -2.15. The van der Waals surface area contributed by atoms with E-state index in [0.717, 1.165) is 11.4 Å². The average Bonchev–Trinajstić information content (AvgIpc) is 2.70. The van der Waals surface area contributed by atoms with Crippen LogP contribution in [-0.2, 0) is 0 Å². The minimum Gasteiger partial charge on any atom is -0.377 e. The fourth-order valence-corrected chi connectivity index (χ4v) is 1.48. The quantitative estimate of drug-likeness (QED) is 0.781. The smallest absolute Gasteiger partial charge is 0.139 e. The first-order chi connectivity index (χ1) is 6.79. The minimum atomic E-state index is 0.911. The highest BCUT2D eigenvalue weighted by atomic mass is 15.1. The van der Waals surface area contributed by atoms with Crippen molar-refractivity contribution in [3.05, 3.63) is 36.7 Å². The molecule has 14 heavy (non-hydrogen) atoms. The first kappa shape index (κ1) is 8.81. The second-order valence-corrected chi connectivity index (χ2v) is 3.35. The third kappa shape index (κ3) is 1.48. The number of H-pyrrole nitrogens is 1. The fraction of sp³-hybridized carbons (Fsp3) is 0.182. The van der Waals surface area contributed by atoms with Crippen LogP contribution in [0.25, 0.3) is 11.4 Å². The van der Waals surface area contributed by atoms with Crippen LogP contribution in [0.2, 0.25) is 0 Å². The Morgan fingerprint density at radius 1 is 1.21 bits per heavy atom. The van der Waals surface area contributed by atoms with Gasteiger partial charge in [0.2, 0.25) is 0 Å². The van der Waals surface area contributed by atoms with Crippen molar-refractivity contribution in [3.63, 3.8) is 0 Å². The molecule has 0 amide bonds. The van der Waals surface area contributed by atoms with Gasteiger partial charge >= 0.3 is 0 Å². The molecule has 2 aromatic rings. The summed E-state index contributed by atoms with van der Waals surface area (Å²) >= 11 is 0. The highest BCUT2D eigenvalue weighted by Crippen LogP contribution is 2.26. The molecule has 0 radical (unpaired) electrons. The molecule has 0 fully saturated rings. The van der Waals surface area contributed by atoms with E-state index in [2.05, 4.69) is 27.0 Å². The summed E-state index contributed by atoms with van der Waals surface area (Å²) in [4.78, 5) is 9.44. The van der Waals surface area contributed by atoms with Gasteiger partial charge in [0.1, 0.15) is 5.82 Å². The van der Waals surface area contributed by atoms with Crippen LogP contribution in [0.5, 0.6) is 0 Å². The minimum absolute atomic E-state index is 0.911. The maximum atomic E-state index is 4.25. The van der Waals surface area contributed by atoms with Gasteiger partial charge in [0.15, 0.2) is 0 Å². The molecule has 0 unspecified atom stereocenters. The van der Waals surface area contributed by atoms with Gasteiger partial charge in [0, 0.05) is 37.7 Å². The molecule has 0 saturated carbocycles. The Balaban J connectivity index is 2.53. The second kappa shape index (κ2) is 3.54. The topological polar surface area (TPSA) is 31.9 Å². The summed E-state index contributed by atoms with van der Waals surface area (Å²) in [5, 5.41) is 0. The third-order valence-corrected chi connectivity index (χ3v) is 2.14. The van der Waals surface area contributed by atoms with Gasteiger partial charge in [-0.05, 0) is 12.1 Å². The number of benzene rings is 1. The van der Waals surface area contributed by atoms with E-state index in [1.807, 2.05) is 32.4 Å². The number of aromatic amines is 1. The molecule has 0 saturated heterocycles. The molecule has 1 N–H and O–H groups in total. The number of rotatable bonds is 2. The van der Waals surface area contributed by atoms with Crippen molar-refractivity contribution in [2.75, 3.05) is 19.0 Å². The Bertz CT molecular complexity index is 404. The summed E-state index contributed by atoms with van der Waals surface area (Å²) in [5.74, 6) is 0.911. The Morgan fingerprint density at radius 2 is 2.00 bits per heavy atom. The number of anilines is 1. The second-order valence-electron chi connectivity index (χ2n) is 3.35. The summed E-state index contributed by atoms with van der Waals surface area (Å²) in [7, 11) is 4.06. The fourth-order valence-electron chi connectivity index (χ4n) is 1.48. The van der Waals surface area contributed by atoms with Crippen LogP contribution in [-0.4, -0.2) is 24.1 Å². The van der Waals surface area contributed by atoms with Crippen molar-refractivity contribution >= 4 is 5.69 Å². The number of aromatic nitrogens is 2. The van der Waals surface area contributed by atoms with Crippen LogP contribution in [0.15, 0.2) is 36.7 Å². The van der Waals surface area contributed by atoms with Crippen molar-refractivity contribution < 1.29 is 0 Å². The first-order valence-corrected chi connectivity index (χ1v) is 4.55. The molecular weight excluding hydrogens is 174 g/mol. The zero-order valence-electron chi connectivity index (χ0n) is 8.36. The van der Waals surface area contributed by atoms with E-state index in [9.17, 15) is 0 Å². The van der Waals surface area contributed by atoms with Crippen molar-refractivity contribution in [2.24, 2.45) is 0 Å². The molecule has 1 heterocycles. The summed E-state index contributed by atoms with van der Waals surface area (Å²) < 4.78 is 0. The lowest BCUT2D eigenvalue weighted by molar-refractivity contribution is 1.13. The molecule has 3 heteroatoms. The standard InChI is InChI=1S/C11H13N3/c1-14(2)10-6-4-3-5-9(10)11-12-7-8-13-11/h3-8H,1-2H3,(H,12,13). The van der Waals surface area contributed by atoms with Crippen LogP contribution in [0, 0.1) is 0 Å². The van der Waals surface area contributed by atoms with E-state index in [1.54, 1.807) is 6.20 Å². The van der Waals surface area contributed by atoms with E-state index in [0.29, 0.717) is 0 Å². The van der Waals surface area contributed by atoms with Crippen molar-refractivity contribution in [3.8, 4) is 11.4 Å². The van der Waals surface area contributed by atoms with Crippen LogP contribution in [0.1, 0.15) is 0 Å². The largest absolute Gasteiger partial charge is 0.377 e. The van der Waals surface area contributed by atoms with Crippen molar-refractivity contribution in [1.82, 2.24) is 9.97 Å². The zero-order chi connectivity index (χ0) is 9.97. The van der Waals surface area contributed by atoms with E-state index in [-0.39, 0.29) is 0 Å². The lowest BCUT2D eigenvalue weighted by atomic mass is 10.1. The third-order valence-electron chi connectivity index (χ3n) is 2.14. The van der Waals surface area contributed by atoms with Crippen LogP contribution < -0.4 is 4.90 Å². The number of para-hydroxylation sites is 1. The molecule has 0 atom stereocenters. The van der Waals surface area contributed by atoms with Crippen LogP contribution >= 0.6 is 0 Å². The van der Waals surface area contributed by atoms with Gasteiger partial charge < -0.3 is 9.88 Å². The lowest BCUT2D eigenvalue weighted by Crippen LogP contribution is -2.09. The highest BCUT2D eigenvalue weighted by Gasteiger charge is 2.06. The molecule has 2 rings (SSSR count). The number of imidazole rings is 1. The Morgan fingerprint density at radius 3 is 2.64 bits per heavy atom. The Labute approximate surface area is 83.4 Å². The van der Waals surface area contributed by atoms with Crippen LogP contribution in [0.3, 0.4) is 0 Å². The summed E-state index contributed by atoms with van der Waals surface area (Å²) in [6.45, 7) is 0. The Hall–Kier alpha value is -1.77. The first-order valence-electron chi connectivity index (χ1n) is 4.55. The van der Waals surface area contributed by atoms with Crippen molar-refractivity contribution in [1.29, 1.82) is 0 Å². The van der Waals surface area contributed by atoms with E-state index in [4.69, 9.17) is 0 Å². The SMILES string of the molecule is CN(C)c1ccccc1-c1ncc[nH]1. The summed E-state index contributed by atoms with van der Waals surface area (Å²) in [5.41, 5.74) is 2.30. The molecule has 0 bridgehead atoms. The van der Waals surface area contributed by atoms with Gasteiger partial charge in [-0.2, -0.15) is 0 Å². The molecule has 3 nitrogen and oxygen atoms in total. The maximum Gasteiger partial charge on any atom is 0.139 e. The van der Waals surface area contributed by atoms with Gasteiger partial charge in [0.05, 0.1) is 0 Å². The van der Waals surface area contributed by atoms with Gasteiger partial charge in [0.25, 0.3) is 0 Å². The average molecular weight is 187 g/mol. The summed E-state index contributed by atoms with van der Waals surface area (Å²) in [6, 6.07) is 8.19. The predicted octanol–water partition coefficient (Wildman–Crippen LogP) is 2.14. The highest BCUT2D eigenvalue weighted by molar-refractivity contribution is 5.73. The van der Waals surface area contributed by atoms with E-state index >= 15 is 0 Å². The molecule has 0 aliphatic carbocycles. The number of nitrogens with one attached hydrogen (secondary N) is 1. The predicted molar refractivity (Wildman–Crippen MR) is 58.4 cm³/mol. The molecular formula is C11H13N3. The molecule has 0 aliphatic rings. The molecule has 1 aromatic heterocycles. The normalized spacial score (nSPS) is 10.1. The van der Waals surface area contributed by atoms with Gasteiger partial charge in [-0.25, -0.2) is 4.98 Å². The van der Waals surface area contributed by atoms with E-state index < -0.39 is 0 Å². The molecule has 72 valence electrons. The van der Waals surface area contributed by atoms with Gasteiger partial charge in [-0.15, -0.1) is 0 Å². The summed E-state index contributed by atoms with van der Waals surface area (Å²) in [6.07, 6.45) is 3.60. The number of hydrogen-bond donors (Lipinski definition) is 1. The number of hydrogen-bond acceptors (Lipinski definition) is 2. The molecule has 0 spiro atoms. The molecule has 1 aromatic carbocycles. The van der Waals surface area contributed by atoms with Crippen molar-refractivity contribution in [2.45, 2.75) is 0 Å². The van der Waals surface area contributed by atoms with Gasteiger partial charge in [-0.1, -0.05) is 12.1 Å². The monoisotopic (exact) mass is 187 g/mol. The zero-order valence-corrected chi connectivity index (χ0v) is 8.36. The Kier molecular flexibility index (Phi) is 2.23. The maximum absolute atomic E-state index is 4.25. The van der Waals surface area contributed by atoms with Crippen LogP contribution in [0.4, 0.5) is 5.69 Å². The van der Waals surface area contributed by atoms with E-state index in [1.165, 1.54) is 5.69 Å². The molecule has 0 aliphatic heterocycles.